The van der Waals surface area contributed by atoms with E-state index < -0.39 is 5.60 Å². The Hall–Kier alpha value is -2.67. The number of rotatable bonds is 4. The Morgan fingerprint density at radius 1 is 1.11 bits per heavy atom. The van der Waals surface area contributed by atoms with Gasteiger partial charge in [0, 0.05) is 43.2 Å². The topological polar surface area (TPSA) is 78.7 Å². The third-order valence-corrected chi connectivity index (χ3v) is 8.93. The number of urea groups is 1. The van der Waals surface area contributed by atoms with E-state index >= 15 is 0 Å². The molecule has 1 aliphatic carbocycles. The first kappa shape index (κ1) is 24.0. The summed E-state index contributed by atoms with van der Waals surface area (Å²) >= 11 is 0. The lowest BCUT2D eigenvalue weighted by Crippen LogP contribution is -2.63. The number of hydrogen-bond acceptors (Lipinski definition) is 4. The molecule has 1 aromatic carbocycles. The second-order valence-electron chi connectivity index (χ2n) is 11.3. The van der Waals surface area contributed by atoms with Crippen LogP contribution in [0.25, 0.3) is 11.3 Å². The highest BCUT2D eigenvalue weighted by Crippen LogP contribution is 2.51. The number of carbonyl (C=O) groups excluding carboxylic acids is 1. The predicted molar refractivity (Wildman–Crippen MR) is 136 cm³/mol. The van der Waals surface area contributed by atoms with Crippen LogP contribution in [0.3, 0.4) is 0 Å². The van der Waals surface area contributed by atoms with Crippen LogP contribution in [-0.4, -0.2) is 62.3 Å². The Morgan fingerprint density at radius 2 is 1.86 bits per heavy atom. The van der Waals surface area contributed by atoms with E-state index in [0.717, 1.165) is 50.8 Å². The summed E-state index contributed by atoms with van der Waals surface area (Å²) in [5.41, 5.74) is -0.0340. The van der Waals surface area contributed by atoms with Crippen LogP contribution in [0.15, 0.2) is 47.5 Å². The normalized spacial score (nSPS) is 26.1. The number of amides is 2. The SMILES string of the molecule is CC(C)C1CCN(C(=O)N2CCC(O)(Cn3cnc(-c4ccccc4)cc3=O)C3(CCCC3)C2)C1. The van der Waals surface area contributed by atoms with Crippen LogP contribution in [-0.2, 0) is 6.54 Å². The fourth-order valence-electron chi connectivity index (χ4n) is 6.56. The standard InChI is InChI=1S/C28H38N4O3/c1-21(2)23-10-14-30(17-23)26(34)31-15-13-28(35,27(18-31)11-6-7-12-27)19-32-20-29-24(16-25(32)33)22-8-4-3-5-9-22/h3-5,8-9,16,20-21,23,35H,6-7,10-15,17-19H2,1-2H3. The smallest absolute Gasteiger partial charge is 0.320 e. The summed E-state index contributed by atoms with van der Waals surface area (Å²) in [4.78, 5) is 34.9. The van der Waals surface area contributed by atoms with Gasteiger partial charge in [-0.15, -0.1) is 0 Å². The van der Waals surface area contributed by atoms with E-state index in [1.165, 1.54) is 0 Å². The molecular weight excluding hydrogens is 440 g/mol. The van der Waals surface area contributed by atoms with Crippen molar-refractivity contribution >= 4 is 6.03 Å². The maximum atomic E-state index is 13.4. The van der Waals surface area contributed by atoms with Crippen molar-refractivity contribution in [3.05, 3.63) is 53.1 Å². The van der Waals surface area contributed by atoms with Crippen LogP contribution in [0.2, 0.25) is 0 Å². The molecule has 1 N–H and O–H groups in total. The molecule has 2 amide bonds. The Balaban J connectivity index is 1.34. The van der Waals surface area contributed by atoms with E-state index in [2.05, 4.69) is 18.8 Å². The highest BCUT2D eigenvalue weighted by molar-refractivity contribution is 5.75. The van der Waals surface area contributed by atoms with Crippen molar-refractivity contribution in [2.24, 2.45) is 17.3 Å². The van der Waals surface area contributed by atoms with Gasteiger partial charge in [-0.1, -0.05) is 57.0 Å². The van der Waals surface area contributed by atoms with Crippen LogP contribution in [0, 0.1) is 17.3 Å². The van der Waals surface area contributed by atoms with E-state index in [4.69, 9.17) is 0 Å². The van der Waals surface area contributed by atoms with Gasteiger partial charge in [-0.2, -0.15) is 0 Å². The minimum Gasteiger partial charge on any atom is -0.387 e. The highest BCUT2D eigenvalue weighted by atomic mass is 16.3. The van der Waals surface area contributed by atoms with Crippen molar-refractivity contribution < 1.29 is 9.90 Å². The Kier molecular flexibility index (Phi) is 6.47. The summed E-state index contributed by atoms with van der Waals surface area (Å²) in [7, 11) is 0. The molecule has 2 saturated heterocycles. The lowest BCUT2D eigenvalue weighted by atomic mass is 9.66. The number of piperidine rings is 1. The van der Waals surface area contributed by atoms with Gasteiger partial charge in [-0.3, -0.25) is 9.36 Å². The Morgan fingerprint density at radius 3 is 2.51 bits per heavy atom. The van der Waals surface area contributed by atoms with Crippen molar-refractivity contribution in [2.75, 3.05) is 26.2 Å². The maximum absolute atomic E-state index is 13.4. The van der Waals surface area contributed by atoms with Gasteiger partial charge in [0.2, 0.25) is 0 Å². The van der Waals surface area contributed by atoms with Gasteiger partial charge in [-0.25, -0.2) is 9.78 Å². The number of carbonyl (C=O) groups is 1. The number of likely N-dealkylation sites (tertiary alicyclic amines) is 2. The fourth-order valence-corrected chi connectivity index (χ4v) is 6.56. The molecule has 3 fully saturated rings. The largest absolute Gasteiger partial charge is 0.387 e. The molecule has 0 bridgehead atoms. The average Bonchev–Trinajstić information content (AvgIpc) is 3.54. The quantitative estimate of drug-likeness (QED) is 0.720. The molecule has 0 radical (unpaired) electrons. The van der Waals surface area contributed by atoms with Crippen molar-refractivity contribution in [1.82, 2.24) is 19.4 Å². The number of aliphatic hydroxyl groups is 1. The van der Waals surface area contributed by atoms with E-state index in [1.807, 2.05) is 40.1 Å². The zero-order chi connectivity index (χ0) is 24.6. The molecule has 35 heavy (non-hydrogen) atoms. The zero-order valence-corrected chi connectivity index (χ0v) is 21.0. The Bertz CT molecular complexity index is 1110. The first-order chi connectivity index (χ1) is 16.8. The summed E-state index contributed by atoms with van der Waals surface area (Å²) in [5.74, 6) is 1.15. The van der Waals surface area contributed by atoms with Crippen molar-refractivity contribution in [3.8, 4) is 11.3 Å². The third-order valence-electron chi connectivity index (χ3n) is 8.93. The highest BCUT2D eigenvalue weighted by Gasteiger charge is 2.56. The van der Waals surface area contributed by atoms with Crippen molar-refractivity contribution in [2.45, 2.75) is 64.5 Å². The average molecular weight is 479 g/mol. The summed E-state index contributed by atoms with van der Waals surface area (Å²) in [6, 6.07) is 11.3. The second kappa shape index (κ2) is 9.41. The lowest BCUT2D eigenvalue weighted by molar-refractivity contribution is -0.136. The molecule has 2 aromatic rings. The van der Waals surface area contributed by atoms with E-state index in [9.17, 15) is 14.7 Å². The van der Waals surface area contributed by atoms with Gasteiger partial charge in [0.05, 0.1) is 24.2 Å². The molecule has 3 aliphatic rings. The molecule has 1 aromatic heterocycles. The van der Waals surface area contributed by atoms with Gasteiger partial charge in [-0.05, 0) is 37.5 Å². The molecule has 5 rings (SSSR count). The molecular formula is C28H38N4O3. The van der Waals surface area contributed by atoms with Crippen molar-refractivity contribution in [1.29, 1.82) is 0 Å². The number of aromatic nitrogens is 2. The lowest BCUT2D eigenvalue weighted by Gasteiger charge is -2.52. The molecule has 7 heteroatoms. The first-order valence-corrected chi connectivity index (χ1v) is 13.2. The first-order valence-electron chi connectivity index (χ1n) is 13.2. The molecule has 2 aliphatic heterocycles. The molecule has 7 nitrogen and oxygen atoms in total. The maximum Gasteiger partial charge on any atom is 0.320 e. The van der Waals surface area contributed by atoms with Gasteiger partial charge in [0.1, 0.15) is 0 Å². The zero-order valence-electron chi connectivity index (χ0n) is 21.0. The number of nitrogens with zero attached hydrogens (tertiary/aromatic N) is 4. The van der Waals surface area contributed by atoms with Gasteiger partial charge < -0.3 is 14.9 Å². The fraction of sp³-hybridized carbons (Fsp3) is 0.607. The number of benzene rings is 1. The molecule has 3 heterocycles. The van der Waals surface area contributed by atoms with Gasteiger partial charge >= 0.3 is 6.03 Å². The third kappa shape index (κ3) is 4.51. The van der Waals surface area contributed by atoms with Gasteiger partial charge in [0.25, 0.3) is 5.56 Å². The van der Waals surface area contributed by atoms with E-state index in [1.54, 1.807) is 17.0 Å². The van der Waals surface area contributed by atoms with E-state index in [0.29, 0.717) is 37.0 Å². The summed E-state index contributed by atoms with van der Waals surface area (Å²) < 4.78 is 1.55. The summed E-state index contributed by atoms with van der Waals surface area (Å²) in [6.45, 7) is 7.42. The van der Waals surface area contributed by atoms with Crippen LogP contribution >= 0.6 is 0 Å². The van der Waals surface area contributed by atoms with Crippen molar-refractivity contribution in [3.63, 3.8) is 0 Å². The molecule has 2 atom stereocenters. The predicted octanol–water partition coefficient (Wildman–Crippen LogP) is 4.01. The molecule has 1 saturated carbocycles. The van der Waals surface area contributed by atoms with E-state index in [-0.39, 0.29) is 23.6 Å². The minimum atomic E-state index is -1.04. The molecule has 188 valence electrons. The molecule has 2 unspecified atom stereocenters. The monoisotopic (exact) mass is 478 g/mol. The van der Waals surface area contributed by atoms with Crippen LogP contribution in [0.4, 0.5) is 4.79 Å². The number of hydrogen-bond donors (Lipinski definition) is 1. The van der Waals surface area contributed by atoms with Gasteiger partial charge in [0.15, 0.2) is 0 Å². The Labute approximate surface area is 207 Å². The summed E-state index contributed by atoms with van der Waals surface area (Å²) in [6.07, 6.45) is 6.97. The molecule has 1 spiro atoms. The van der Waals surface area contributed by atoms with Crippen LogP contribution in [0.5, 0.6) is 0 Å². The van der Waals surface area contributed by atoms with Crippen LogP contribution < -0.4 is 5.56 Å². The van der Waals surface area contributed by atoms with Crippen LogP contribution in [0.1, 0.15) is 52.4 Å². The minimum absolute atomic E-state index is 0.118. The summed E-state index contributed by atoms with van der Waals surface area (Å²) in [5, 5.41) is 12.0. The second-order valence-corrected chi connectivity index (χ2v) is 11.3.